The summed E-state index contributed by atoms with van der Waals surface area (Å²) in [5.74, 6) is -0.297. The maximum atomic E-state index is 12.3. The number of nitrogens with one attached hydrogen (secondary N) is 2. The Morgan fingerprint density at radius 1 is 1.21 bits per heavy atom. The van der Waals surface area contributed by atoms with Crippen LogP contribution in [0.3, 0.4) is 0 Å². The molecule has 0 radical (unpaired) electrons. The third-order valence-corrected chi connectivity index (χ3v) is 3.48. The highest BCUT2D eigenvalue weighted by molar-refractivity contribution is 5.90. The molecule has 0 saturated carbocycles. The van der Waals surface area contributed by atoms with Gasteiger partial charge in [0.1, 0.15) is 6.54 Å². The van der Waals surface area contributed by atoms with Crippen LogP contribution in [0.25, 0.3) is 11.2 Å². The standard InChI is InChI=1S/C13H13N7O4/c1-18-11-10(12(23)19(2)13(18)24)20(6-14-11)5-9(22)15-7-3-4-8(21)17-16-7/h3-4,6H,5H2,1-2H3,(H,17,21)(H,15,16,22). The van der Waals surface area contributed by atoms with E-state index in [1.807, 2.05) is 0 Å². The van der Waals surface area contributed by atoms with Gasteiger partial charge in [-0.1, -0.05) is 0 Å². The van der Waals surface area contributed by atoms with Crippen LogP contribution in [-0.4, -0.2) is 34.8 Å². The highest BCUT2D eigenvalue weighted by Crippen LogP contribution is 2.06. The number of anilines is 1. The first-order valence-corrected chi connectivity index (χ1v) is 6.85. The van der Waals surface area contributed by atoms with Crippen LogP contribution >= 0.6 is 0 Å². The second-order valence-corrected chi connectivity index (χ2v) is 5.11. The summed E-state index contributed by atoms with van der Waals surface area (Å²) in [5.41, 5.74) is -1.10. The molecule has 3 heterocycles. The van der Waals surface area contributed by atoms with Gasteiger partial charge in [0.05, 0.1) is 6.33 Å². The molecule has 0 aliphatic heterocycles. The number of aryl methyl sites for hydroxylation is 1. The molecule has 0 aliphatic carbocycles. The zero-order valence-electron chi connectivity index (χ0n) is 12.8. The second kappa shape index (κ2) is 5.61. The molecule has 0 aromatic carbocycles. The molecule has 11 heteroatoms. The lowest BCUT2D eigenvalue weighted by molar-refractivity contribution is -0.116. The Bertz CT molecular complexity index is 1100. The molecule has 0 unspecified atom stereocenters. The fraction of sp³-hybridized carbons (Fsp3) is 0.231. The van der Waals surface area contributed by atoms with E-state index in [0.29, 0.717) is 0 Å². The number of amides is 1. The van der Waals surface area contributed by atoms with Crippen LogP contribution in [0, 0.1) is 0 Å². The van der Waals surface area contributed by atoms with Gasteiger partial charge in [-0.15, -0.1) is 0 Å². The van der Waals surface area contributed by atoms with Gasteiger partial charge in [0.25, 0.3) is 11.1 Å². The lowest BCUT2D eigenvalue weighted by Gasteiger charge is -2.07. The van der Waals surface area contributed by atoms with E-state index in [-0.39, 0.29) is 23.5 Å². The summed E-state index contributed by atoms with van der Waals surface area (Å²) >= 11 is 0. The minimum absolute atomic E-state index is 0.143. The van der Waals surface area contributed by atoms with E-state index in [1.54, 1.807) is 0 Å². The number of H-pyrrole nitrogens is 1. The van der Waals surface area contributed by atoms with Crippen molar-refractivity contribution in [1.29, 1.82) is 0 Å². The fourth-order valence-corrected chi connectivity index (χ4v) is 2.27. The van der Waals surface area contributed by atoms with E-state index in [4.69, 9.17) is 0 Å². The van der Waals surface area contributed by atoms with Gasteiger partial charge in [-0.3, -0.25) is 23.5 Å². The molecular weight excluding hydrogens is 318 g/mol. The summed E-state index contributed by atoms with van der Waals surface area (Å²) < 4.78 is 3.52. The second-order valence-electron chi connectivity index (χ2n) is 5.11. The lowest BCUT2D eigenvalue weighted by atomic mass is 10.4. The van der Waals surface area contributed by atoms with Crippen molar-refractivity contribution in [1.82, 2.24) is 28.9 Å². The van der Waals surface area contributed by atoms with Crippen LogP contribution < -0.4 is 22.1 Å². The van der Waals surface area contributed by atoms with Crippen molar-refractivity contribution in [3.63, 3.8) is 0 Å². The van der Waals surface area contributed by atoms with Gasteiger partial charge in [0.15, 0.2) is 17.0 Å². The molecule has 24 heavy (non-hydrogen) atoms. The zero-order chi connectivity index (χ0) is 17.4. The zero-order valence-corrected chi connectivity index (χ0v) is 12.8. The Balaban J connectivity index is 1.94. The van der Waals surface area contributed by atoms with E-state index >= 15 is 0 Å². The van der Waals surface area contributed by atoms with Crippen LogP contribution in [0.4, 0.5) is 5.82 Å². The number of nitrogens with zero attached hydrogens (tertiary/aromatic N) is 5. The summed E-state index contributed by atoms with van der Waals surface area (Å²) in [7, 11) is 2.84. The first-order chi connectivity index (χ1) is 11.4. The molecule has 1 amide bonds. The number of rotatable bonds is 3. The molecule has 3 aromatic rings. The van der Waals surface area contributed by atoms with Gasteiger partial charge in [-0.05, 0) is 6.07 Å². The van der Waals surface area contributed by atoms with Crippen LogP contribution in [0.15, 0.2) is 32.8 Å². The SMILES string of the molecule is Cn1c(=O)c2c(ncn2CC(=O)Nc2ccc(=O)[nH]n2)n(C)c1=O. The highest BCUT2D eigenvalue weighted by Gasteiger charge is 2.16. The Hall–Kier alpha value is -3.50. The molecule has 3 aromatic heterocycles. The van der Waals surface area contributed by atoms with Crippen molar-refractivity contribution in [2.45, 2.75) is 6.54 Å². The molecule has 0 fully saturated rings. The third kappa shape index (κ3) is 2.51. The smallest absolute Gasteiger partial charge is 0.315 e. The molecule has 0 bridgehead atoms. The molecule has 11 nitrogen and oxygen atoms in total. The van der Waals surface area contributed by atoms with Gasteiger partial charge in [0.2, 0.25) is 5.91 Å². The fourth-order valence-electron chi connectivity index (χ4n) is 2.27. The molecule has 2 N–H and O–H groups in total. The largest absolute Gasteiger partial charge is 0.332 e. The van der Waals surface area contributed by atoms with E-state index in [2.05, 4.69) is 20.5 Å². The van der Waals surface area contributed by atoms with E-state index in [0.717, 1.165) is 4.57 Å². The molecule has 0 saturated heterocycles. The normalized spacial score (nSPS) is 10.9. The average Bonchev–Trinajstić information content (AvgIpc) is 2.96. The molecule has 124 valence electrons. The number of hydrogen-bond acceptors (Lipinski definition) is 6. The van der Waals surface area contributed by atoms with Gasteiger partial charge in [-0.2, -0.15) is 5.10 Å². The molecule has 3 rings (SSSR count). The van der Waals surface area contributed by atoms with Gasteiger partial charge in [-0.25, -0.2) is 14.9 Å². The monoisotopic (exact) mass is 331 g/mol. The third-order valence-electron chi connectivity index (χ3n) is 3.48. The summed E-state index contributed by atoms with van der Waals surface area (Å²) in [6, 6.07) is 2.58. The molecule has 0 atom stereocenters. The lowest BCUT2D eigenvalue weighted by Crippen LogP contribution is -2.37. The first kappa shape index (κ1) is 15.4. The van der Waals surface area contributed by atoms with Crippen LogP contribution in [-0.2, 0) is 25.4 Å². The van der Waals surface area contributed by atoms with Crippen LogP contribution in [0.2, 0.25) is 0 Å². The van der Waals surface area contributed by atoms with Crippen molar-refractivity contribution >= 4 is 22.9 Å². The highest BCUT2D eigenvalue weighted by atomic mass is 16.2. The number of imidazole rings is 1. The predicted octanol–water partition coefficient (Wildman–Crippen LogP) is -1.84. The van der Waals surface area contributed by atoms with Crippen molar-refractivity contribution in [2.24, 2.45) is 14.1 Å². The number of hydrogen-bond donors (Lipinski definition) is 2. The number of carbonyl (C=O) groups excluding carboxylic acids is 1. The molecule has 0 spiro atoms. The number of carbonyl (C=O) groups is 1. The molecule has 0 aliphatic rings. The van der Waals surface area contributed by atoms with Crippen molar-refractivity contribution in [3.8, 4) is 0 Å². The van der Waals surface area contributed by atoms with Crippen LogP contribution in [0.5, 0.6) is 0 Å². The van der Waals surface area contributed by atoms with Gasteiger partial charge < -0.3 is 9.88 Å². The number of aromatic nitrogens is 6. The topological polar surface area (TPSA) is 137 Å². The quantitative estimate of drug-likeness (QED) is 0.578. The Morgan fingerprint density at radius 2 is 1.96 bits per heavy atom. The van der Waals surface area contributed by atoms with Crippen LogP contribution in [0.1, 0.15) is 0 Å². The van der Waals surface area contributed by atoms with Crippen molar-refractivity contribution < 1.29 is 4.79 Å². The van der Waals surface area contributed by atoms with E-state index in [9.17, 15) is 19.2 Å². The van der Waals surface area contributed by atoms with E-state index < -0.39 is 22.7 Å². The van der Waals surface area contributed by atoms with Gasteiger partial charge in [0, 0.05) is 20.2 Å². The Morgan fingerprint density at radius 3 is 2.62 bits per heavy atom. The average molecular weight is 331 g/mol. The van der Waals surface area contributed by atoms with E-state index in [1.165, 1.54) is 41.7 Å². The van der Waals surface area contributed by atoms with Crippen molar-refractivity contribution in [2.75, 3.05) is 5.32 Å². The summed E-state index contributed by atoms with van der Waals surface area (Å²) in [5, 5.41) is 8.34. The summed E-state index contributed by atoms with van der Waals surface area (Å²) in [6.07, 6.45) is 1.31. The maximum Gasteiger partial charge on any atom is 0.332 e. The summed E-state index contributed by atoms with van der Waals surface area (Å²) in [4.78, 5) is 51.2. The maximum absolute atomic E-state index is 12.3. The minimum Gasteiger partial charge on any atom is -0.315 e. The Labute approximate surface area is 133 Å². The molecular formula is C13H13N7O4. The predicted molar refractivity (Wildman–Crippen MR) is 83.7 cm³/mol. The Kier molecular flexibility index (Phi) is 3.60. The summed E-state index contributed by atoms with van der Waals surface area (Å²) in [6.45, 7) is -0.204. The minimum atomic E-state index is -0.541. The van der Waals surface area contributed by atoms with Crippen molar-refractivity contribution in [3.05, 3.63) is 49.7 Å². The van der Waals surface area contributed by atoms with Gasteiger partial charge >= 0.3 is 5.69 Å². The number of aromatic amines is 1. The number of fused-ring (bicyclic) bond motifs is 1. The first-order valence-electron chi connectivity index (χ1n) is 6.85.